The molecule has 1 saturated heterocycles. The number of anilines is 1. The lowest BCUT2D eigenvalue weighted by Crippen LogP contribution is -2.37. The summed E-state index contributed by atoms with van der Waals surface area (Å²) in [5.74, 6) is 0.803. The maximum absolute atomic E-state index is 11.9. The van der Waals surface area contributed by atoms with Crippen LogP contribution in [-0.2, 0) is 4.79 Å². The van der Waals surface area contributed by atoms with E-state index in [0.29, 0.717) is 5.82 Å². The molecule has 0 bridgehead atoms. The van der Waals surface area contributed by atoms with Crippen molar-refractivity contribution < 1.29 is 4.79 Å². The third-order valence-corrected chi connectivity index (χ3v) is 2.83. The molecule has 4 nitrogen and oxygen atoms in total. The lowest BCUT2D eigenvalue weighted by molar-refractivity contribution is -0.120. The number of pyridine rings is 1. The standard InChI is InChI=1S/C12H17N3O.2ClH/c1-9-4-6-14-11(7-9)15-12(16)10-3-2-5-13-8-10;;/h4,6-7,10,13H,2-3,5,8H2,1H3,(H,14,15,16);2*1H/t10-;;/m1../s1. The van der Waals surface area contributed by atoms with Gasteiger partial charge in [-0.3, -0.25) is 4.79 Å². The van der Waals surface area contributed by atoms with E-state index in [1.807, 2.05) is 19.1 Å². The number of nitrogens with zero attached hydrogens (tertiary/aromatic N) is 1. The summed E-state index contributed by atoms with van der Waals surface area (Å²) in [4.78, 5) is 16.0. The van der Waals surface area contributed by atoms with Crippen LogP contribution in [0, 0.1) is 12.8 Å². The van der Waals surface area contributed by atoms with Crippen LogP contribution in [0.25, 0.3) is 0 Å². The highest BCUT2D eigenvalue weighted by Crippen LogP contribution is 2.13. The maximum atomic E-state index is 11.9. The minimum atomic E-state index is 0. The van der Waals surface area contributed by atoms with Gasteiger partial charge in [-0.1, -0.05) is 0 Å². The summed E-state index contributed by atoms with van der Waals surface area (Å²) in [5, 5.41) is 6.09. The molecule has 0 unspecified atom stereocenters. The van der Waals surface area contributed by atoms with Crippen LogP contribution in [0.4, 0.5) is 5.82 Å². The second kappa shape index (κ2) is 8.29. The molecule has 1 aromatic rings. The molecule has 18 heavy (non-hydrogen) atoms. The lowest BCUT2D eigenvalue weighted by atomic mass is 9.99. The van der Waals surface area contributed by atoms with Gasteiger partial charge in [-0.2, -0.15) is 0 Å². The Morgan fingerprint density at radius 3 is 2.89 bits per heavy atom. The van der Waals surface area contributed by atoms with Gasteiger partial charge in [0.25, 0.3) is 0 Å². The smallest absolute Gasteiger partial charge is 0.229 e. The van der Waals surface area contributed by atoms with E-state index < -0.39 is 0 Å². The number of hydrogen-bond acceptors (Lipinski definition) is 3. The molecule has 2 heterocycles. The molecule has 1 aliphatic heterocycles. The van der Waals surface area contributed by atoms with Crippen molar-refractivity contribution in [1.82, 2.24) is 10.3 Å². The monoisotopic (exact) mass is 291 g/mol. The predicted molar refractivity (Wildman–Crippen MR) is 77.7 cm³/mol. The molecule has 0 saturated carbocycles. The number of carbonyl (C=O) groups is 1. The summed E-state index contributed by atoms with van der Waals surface area (Å²) < 4.78 is 0. The first kappa shape index (κ1) is 17.2. The largest absolute Gasteiger partial charge is 0.316 e. The number of amides is 1. The van der Waals surface area contributed by atoms with E-state index in [9.17, 15) is 4.79 Å². The summed E-state index contributed by atoms with van der Waals surface area (Å²) >= 11 is 0. The molecule has 1 amide bonds. The zero-order valence-electron chi connectivity index (χ0n) is 10.3. The van der Waals surface area contributed by atoms with Crippen LogP contribution in [-0.4, -0.2) is 24.0 Å². The molecular weight excluding hydrogens is 273 g/mol. The maximum Gasteiger partial charge on any atom is 0.229 e. The van der Waals surface area contributed by atoms with E-state index in [1.165, 1.54) is 0 Å². The summed E-state index contributed by atoms with van der Waals surface area (Å²) in [7, 11) is 0. The molecule has 1 fully saturated rings. The first-order valence-electron chi connectivity index (χ1n) is 5.70. The van der Waals surface area contributed by atoms with Crippen molar-refractivity contribution in [2.24, 2.45) is 5.92 Å². The minimum absolute atomic E-state index is 0. The van der Waals surface area contributed by atoms with Gasteiger partial charge in [-0.15, -0.1) is 24.8 Å². The average Bonchev–Trinajstić information content (AvgIpc) is 2.30. The number of aromatic nitrogens is 1. The quantitative estimate of drug-likeness (QED) is 0.878. The fraction of sp³-hybridized carbons (Fsp3) is 0.500. The van der Waals surface area contributed by atoms with E-state index in [2.05, 4.69) is 15.6 Å². The van der Waals surface area contributed by atoms with Crippen LogP contribution in [0.5, 0.6) is 0 Å². The van der Waals surface area contributed by atoms with Gasteiger partial charge in [-0.05, 0) is 44.0 Å². The first-order chi connectivity index (χ1) is 7.75. The second-order valence-corrected chi connectivity index (χ2v) is 4.25. The number of nitrogens with one attached hydrogen (secondary N) is 2. The van der Waals surface area contributed by atoms with Crippen LogP contribution >= 0.6 is 24.8 Å². The number of piperidine rings is 1. The van der Waals surface area contributed by atoms with Crippen molar-refractivity contribution in [2.45, 2.75) is 19.8 Å². The Kier molecular flexibility index (Phi) is 7.91. The highest BCUT2D eigenvalue weighted by atomic mass is 35.5. The van der Waals surface area contributed by atoms with Crippen molar-refractivity contribution in [2.75, 3.05) is 18.4 Å². The number of aryl methyl sites for hydroxylation is 1. The SMILES string of the molecule is Cc1ccnc(NC(=O)[C@@H]2CCCNC2)c1.Cl.Cl. The van der Waals surface area contributed by atoms with E-state index in [0.717, 1.165) is 31.5 Å². The van der Waals surface area contributed by atoms with Crippen LogP contribution in [0.3, 0.4) is 0 Å². The highest BCUT2D eigenvalue weighted by Gasteiger charge is 2.20. The summed E-state index contributed by atoms with van der Waals surface area (Å²) in [5.41, 5.74) is 1.10. The Bertz CT molecular complexity index is 381. The Morgan fingerprint density at radius 1 is 1.50 bits per heavy atom. The van der Waals surface area contributed by atoms with Gasteiger partial charge in [-0.25, -0.2) is 4.98 Å². The molecule has 1 aliphatic rings. The Morgan fingerprint density at radius 2 is 2.28 bits per heavy atom. The van der Waals surface area contributed by atoms with Crippen molar-refractivity contribution in [3.63, 3.8) is 0 Å². The average molecular weight is 292 g/mol. The van der Waals surface area contributed by atoms with Crippen LogP contribution in [0.2, 0.25) is 0 Å². The molecule has 0 aromatic carbocycles. The lowest BCUT2D eigenvalue weighted by Gasteiger charge is -2.21. The fourth-order valence-corrected chi connectivity index (χ4v) is 1.91. The normalized spacial score (nSPS) is 18.2. The number of halogens is 2. The predicted octanol–water partition coefficient (Wildman–Crippen LogP) is 2.17. The Hall–Kier alpha value is -0.840. The van der Waals surface area contributed by atoms with E-state index >= 15 is 0 Å². The first-order valence-corrected chi connectivity index (χ1v) is 5.70. The second-order valence-electron chi connectivity index (χ2n) is 4.25. The molecule has 1 atom stereocenters. The molecule has 2 rings (SSSR count). The Labute approximate surface area is 120 Å². The summed E-state index contributed by atoms with van der Waals surface area (Å²) in [6.07, 6.45) is 3.74. The van der Waals surface area contributed by atoms with Gasteiger partial charge in [0.1, 0.15) is 5.82 Å². The fourth-order valence-electron chi connectivity index (χ4n) is 1.91. The van der Waals surface area contributed by atoms with E-state index in [1.54, 1.807) is 6.20 Å². The van der Waals surface area contributed by atoms with Gasteiger partial charge in [0.2, 0.25) is 5.91 Å². The van der Waals surface area contributed by atoms with Gasteiger partial charge in [0.05, 0.1) is 5.92 Å². The van der Waals surface area contributed by atoms with Crippen LogP contribution in [0.1, 0.15) is 18.4 Å². The molecule has 1 aromatic heterocycles. The van der Waals surface area contributed by atoms with E-state index in [-0.39, 0.29) is 36.6 Å². The highest BCUT2D eigenvalue weighted by molar-refractivity contribution is 5.91. The van der Waals surface area contributed by atoms with Crippen molar-refractivity contribution in [3.8, 4) is 0 Å². The van der Waals surface area contributed by atoms with Crippen LogP contribution < -0.4 is 10.6 Å². The molecular formula is C12H19Cl2N3O. The number of carbonyl (C=O) groups excluding carboxylic acids is 1. The zero-order valence-corrected chi connectivity index (χ0v) is 11.9. The molecule has 0 radical (unpaired) electrons. The third kappa shape index (κ3) is 4.80. The van der Waals surface area contributed by atoms with Crippen LogP contribution in [0.15, 0.2) is 18.3 Å². The molecule has 0 aliphatic carbocycles. The van der Waals surface area contributed by atoms with Gasteiger partial charge in [0, 0.05) is 12.7 Å². The molecule has 6 heteroatoms. The van der Waals surface area contributed by atoms with Crippen molar-refractivity contribution in [1.29, 1.82) is 0 Å². The van der Waals surface area contributed by atoms with Crippen molar-refractivity contribution >= 4 is 36.5 Å². The Balaban J connectivity index is 0.00000144. The van der Waals surface area contributed by atoms with E-state index in [4.69, 9.17) is 0 Å². The summed E-state index contributed by atoms with van der Waals surface area (Å²) in [6, 6.07) is 3.80. The summed E-state index contributed by atoms with van der Waals surface area (Å²) in [6.45, 7) is 3.78. The number of rotatable bonds is 2. The third-order valence-electron chi connectivity index (χ3n) is 2.83. The van der Waals surface area contributed by atoms with Gasteiger partial charge >= 0.3 is 0 Å². The molecule has 102 valence electrons. The van der Waals surface area contributed by atoms with Gasteiger partial charge < -0.3 is 10.6 Å². The number of hydrogen-bond donors (Lipinski definition) is 2. The van der Waals surface area contributed by atoms with Crippen molar-refractivity contribution in [3.05, 3.63) is 23.9 Å². The minimum Gasteiger partial charge on any atom is -0.316 e. The molecule has 0 spiro atoms. The topological polar surface area (TPSA) is 54.0 Å². The van der Waals surface area contributed by atoms with Gasteiger partial charge in [0.15, 0.2) is 0 Å². The molecule has 2 N–H and O–H groups in total. The zero-order chi connectivity index (χ0) is 11.4.